The number of aryl methyl sites for hydroxylation is 1. The van der Waals surface area contributed by atoms with Crippen molar-refractivity contribution in [2.45, 2.75) is 33.2 Å². The van der Waals surface area contributed by atoms with Crippen LogP contribution in [0.25, 0.3) is 5.69 Å². The molecule has 1 atom stereocenters. The molecule has 5 nitrogen and oxygen atoms in total. The van der Waals surface area contributed by atoms with Crippen molar-refractivity contribution < 1.29 is 9.59 Å². The molecule has 3 aromatic rings. The number of ketones is 1. The van der Waals surface area contributed by atoms with Crippen molar-refractivity contribution in [3.05, 3.63) is 82.1 Å². The van der Waals surface area contributed by atoms with E-state index >= 15 is 0 Å². The molecule has 0 bridgehead atoms. The molecule has 1 amide bonds. The van der Waals surface area contributed by atoms with Crippen molar-refractivity contribution in [3.8, 4) is 5.69 Å². The van der Waals surface area contributed by atoms with Gasteiger partial charge in [-0.3, -0.25) is 9.59 Å². The molecule has 0 aliphatic rings. The fourth-order valence-corrected chi connectivity index (χ4v) is 3.37. The van der Waals surface area contributed by atoms with Gasteiger partial charge in [0.1, 0.15) is 0 Å². The first-order chi connectivity index (χ1) is 13.4. The highest BCUT2D eigenvalue weighted by Gasteiger charge is 2.26. The van der Waals surface area contributed by atoms with Crippen LogP contribution in [0.5, 0.6) is 0 Å². The number of carbonyl (C=O) groups excluding carboxylic acids is 2. The van der Waals surface area contributed by atoms with E-state index in [1.165, 1.54) is 0 Å². The van der Waals surface area contributed by atoms with Crippen LogP contribution in [0.4, 0.5) is 0 Å². The maximum Gasteiger partial charge on any atom is 0.293 e. The summed E-state index contributed by atoms with van der Waals surface area (Å²) < 4.78 is 1.69. The quantitative estimate of drug-likeness (QED) is 0.490. The zero-order chi connectivity index (χ0) is 20.3. The summed E-state index contributed by atoms with van der Waals surface area (Å²) in [5.41, 5.74) is 3.26. The summed E-state index contributed by atoms with van der Waals surface area (Å²) >= 11 is 5.93. The highest BCUT2D eigenvalue weighted by atomic mass is 35.5. The fraction of sp³-hybridized carbons (Fsp3) is 0.227. The Labute approximate surface area is 169 Å². The van der Waals surface area contributed by atoms with Crippen molar-refractivity contribution in [2.75, 3.05) is 0 Å². The van der Waals surface area contributed by atoms with Crippen LogP contribution >= 0.6 is 11.6 Å². The van der Waals surface area contributed by atoms with Crippen molar-refractivity contribution in [3.63, 3.8) is 0 Å². The zero-order valence-corrected chi connectivity index (χ0v) is 16.8. The molecule has 0 spiro atoms. The van der Waals surface area contributed by atoms with Crippen molar-refractivity contribution in [1.29, 1.82) is 0 Å². The number of hydrogen-bond acceptors (Lipinski definition) is 3. The Morgan fingerprint density at radius 3 is 2.32 bits per heavy atom. The average molecular weight is 396 g/mol. The van der Waals surface area contributed by atoms with Gasteiger partial charge in [-0.25, -0.2) is 4.68 Å². The Morgan fingerprint density at radius 2 is 1.71 bits per heavy atom. The van der Waals surface area contributed by atoms with Crippen LogP contribution in [-0.4, -0.2) is 21.5 Å². The van der Waals surface area contributed by atoms with E-state index in [2.05, 4.69) is 10.4 Å². The van der Waals surface area contributed by atoms with Gasteiger partial charge >= 0.3 is 0 Å². The molecule has 1 N–H and O–H groups in total. The van der Waals surface area contributed by atoms with E-state index in [-0.39, 0.29) is 6.04 Å². The van der Waals surface area contributed by atoms with Gasteiger partial charge in [-0.05, 0) is 50.1 Å². The molecular formula is C22H22ClN3O2. The third kappa shape index (κ3) is 3.99. The lowest BCUT2D eigenvalue weighted by molar-refractivity contribution is -0.117. The van der Waals surface area contributed by atoms with Crippen LogP contribution < -0.4 is 5.32 Å². The molecular weight excluding hydrogens is 374 g/mol. The second kappa shape index (κ2) is 8.40. The molecule has 0 aliphatic heterocycles. The first-order valence-electron chi connectivity index (χ1n) is 9.14. The third-order valence-corrected chi connectivity index (χ3v) is 4.96. The van der Waals surface area contributed by atoms with Gasteiger partial charge in [0, 0.05) is 5.02 Å². The standard InChI is InChI=1S/C22H22ClN3O2/c1-4-19(16-10-12-17(23)13-11-16)24-22(28)21(27)20-14(2)25-26(15(20)3)18-8-6-5-7-9-18/h5-13,19H,4H2,1-3H3,(H,24,28). The molecule has 1 unspecified atom stereocenters. The molecule has 6 heteroatoms. The second-order valence-corrected chi connectivity index (χ2v) is 7.04. The number of Topliss-reactive ketones (excluding diaryl/α,β-unsaturated/α-hetero) is 1. The molecule has 0 saturated heterocycles. The molecule has 144 valence electrons. The number of halogens is 1. The molecule has 0 saturated carbocycles. The van der Waals surface area contributed by atoms with Crippen molar-refractivity contribution in [1.82, 2.24) is 15.1 Å². The van der Waals surface area contributed by atoms with Crippen LogP contribution in [0, 0.1) is 13.8 Å². The molecule has 3 rings (SSSR count). The molecule has 28 heavy (non-hydrogen) atoms. The van der Waals surface area contributed by atoms with Gasteiger partial charge in [0.15, 0.2) is 0 Å². The number of nitrogens with zero attached hydrogens (tertiary/aromatic N) is 2. The number of nitrogens with one attached hydrogen (secondary N) is 1. The first-order valence-corrected chi connectivity index (χ1v) is 9.52. The van der Waals surface area contributed by atoms with Gasteiger partial charge < -0.3 is 5.32 Å². The summed E-state index contributed by atoms with van der Waals surface area (Å²) in [4.78, 5) is 25.6. The summed E-state index contributed by atoms with van der Waals surface area (Å²) in [5, 5.41) is 7.91. The summed E-state index contributed by atoms with van der Waals surface area (Å²) in [5.74, 6) is -1.22. The highest BCUT2D eigenvalue weighted by Crippen LogP contribution is 2.21. The van der Waals surface area contributed by atoms with E-state index in [1.54, 1.807) is 30.7 Å². The Kier molecular flexibility index (Phi) is 5.95. The summed E-state index contributed by atoms with van der Waals surface area (Å²) in [7, 11) is 0. The number of aromatic nitrogens is 2. The Morgan fingerprint density at radius 1 is 1.07 bits per heavy atom. The summed E-state index contributed by atoms with van der Waals surface area (Å²) in [6.45, 7) is 5.49. The maximum atomic E-state index is 12.9. The number of benzene rings is 2. The van der Waals surface area contributed by atoms with Gasteiger partial charge in [0.2, 0.25) is 0 Å². The summed E-state index contributed by atoms with van der Waals surface area (Å²) in [6.07, 6.45) is 0.655. The van der Waals surface area contributed by atoms with Gasteiger partial charge in [-0.15, -0.1) is 0 Å². The topological polar surface area (TPSA) is 64.0 Å². The van der Waals surface area contributed by atoms with Gasteiger partial charge in [-0.1, -0.05) is 48.9 Å². The fourth-order valence-electron chi connectivity index (χ4n) is 3.25. The van der Waals surface area contributed by atoms with E-state index in [9.17, 15) is 9.59 Å². The lowest BCUT2D eigenvalue weighted by Gasteiger charge is -2.17. The van der Waals surface area contributed by atoms with Gasteiger partial charge in [0.25, 0.3) is 11.7 Å². The normalized spacial score (nSPS) is 11.9. The Balaban J connectivity index is 1.84. The first kappa shape index (κ1) is 19.8. The number of amides is 1. The maximum absolute atomic E-state index is 12.9. The van der Waals surface area contributed by atoms with E-state index in [0.29, 0.717) is 28.4 Å². The number of carbonyl (C=O) groups is 2. The van der Waals surface area contributed by atoms with E-state index in [0.717, 1.165) is 11.3 Å². The molecule has 0 radical (unpaired) electrons. The zero-order valence-electron chi connectivity index (χ0n) is 16.1. The minimum absolute atomic E-state index is 0.265. The summed E-state index contributed by atoms with van der Waals surface area (Å²) in [6, 6.07) is 16.5. The molecule has 2 aromatic carbocycles. The average Bonchev–Trinajstić information content (AvgIpc) is 3.01. The van der Waals surface area contributed by atoms with Crippen LogP contribution in [0.3, 0.4) is 0 Å². The third-order valence-electron chi connectivity index (χ3n) is 4.71. The molecule has 1 heterocycles. The number of hydrogen-bond donors (Lipinski definition) is 1. The molecule has 0 fully saturated rings. The van der Waals surface area contributed by atoms with Gasteiger partial charge in [-0.2, -0.15) is 5.10 Å². The monoisotopic (exact) mass is 395 g/mol. The molecule has 0 aliphatic carbocycles. The van der Waals surface area contributed by atoms with Crippen LogP contribution in [-0.2, 0) is 4.79 Å². The Bertz CT molecular complexity index is 995. The van der Waals surface area contributed by atoms with E-state index in [4.69, 9.17) is 11.6 Å². The highest BCUT2D eigenvalue weighted by molar-refractivity contribution is 6.43. The minimum Gasteiger partial charge on any atom is -0.342 e. The molecule has 1 aromatic heterocycles. The van der Waals surface area contributed by atoms with Crippen LogP contribution in [0.2, 0.25) is 5.02 Å². The van der Waals surface area contributed by atoms with E-state index < -0.39 is 11.7 Å². The van der Waals surface area contributed by atoms with Crippen molar-refractivity contribution >= 4 is 23.3 Å². The van der Waals surface area contributed by atoms with Crippen LogP contribution in [0.15, 0.2) is 54.6 Å². The lowest BCUT2D eigenvalue weighted by atomic mass is 10.0. The van der Waals surface area contributed by atoms with Crippen LogP contribution in [0.1, 0.15) is 46.7 Å². The number of rotatable bonds is 6. The second-order valence-electron chi connectivity index (χ2n) is 6.61. The Hall–Kier alpha value is -2.92. The smallest absolute Gasteiger partial charge is 0.293 e. The largest absolute Gasteiger partial charge is 0.342 e. The lowest BCUT2D eigenvalue weighted by Crippen LogP contribution is -2.34. The number of para-hydroxylation sites is 1. The van der Waals surface area contributed by atoms with E-state index in [1.807, 2.05) is 49.4 Å². The van der Waals surface area contributed by atoms with Gasteiger partial charge in [0.05, 0.1) is 28.7 Å². The minimum atomic E-state index is -0.638. The predicted molar refractivity (Wildman–Crippen MR) is 110 cm³/mol. The SMILES string of the molecule is CCC(NC(=O)C(=O)c1c(C)nn(-c2ccccc2)c1C)c1ccc(Cl)cc1. The van der Waals surface area contributed by atoms with Crippen molar-refractivity contribution in [2.24, 2.45) is 0 Å². The predicted octanol–water partition coefficient (Wildman–Crippen LogP) is 4.59.